The number of nitrogens with one attached hydrogen (secondary N) is 2. The maximum absolute atomic E-state index is 13.8. The van der Waals surface area contributed by atoms with Crippen LogP contribution >= 0.6 is 0 Å². The number of ether oxygens (including phenoxy) is 2. The second-order valence-corrected chi connectivity index (χ2v) is 14.9. The lowest BCUT2D eigenvalue weighted by atomic mass is 9.86. The molecule has 0 aliphatic rings. The van der Waals surface area contributed by atoms with E-state index in [4.69, 9.17) is 9.47 Å². The monoisotopic (exact) mass is 756 g/mol. The zero-order valence-corrected chi connectivity index (χ0v) is 32.9. The first-order chi connectivity index (χ1) is 26.9. The van der Waals surface area contributed by atoms with Crippen molar-refractivity contribution in [2.24, 2.45) is 0 Å². The number of hydrogen-bond donors (Lipinski definition) is 3. The number of aliphatic carboxylic acids is 1. The molecule has 1 unspecified atom stereocenters. The molecule has 2 atom stereocenters. The van der Waals surface area contributed by atoms with Gasteiger partial charge in [-0.25, -0.2) is 14.8 Å². The molecule has 2 amide bonds. The third kappa shape index (κ3) is 11.5. The fraction of sp³-hybridized carbons (Fsp3) is 0.326. The summed E-state index contributed by atoms with van der Waals surface area (Å²) in [5.74, 6) is -0.525. The summed E-state index contributed by atoms with van der Waals surface area (Å²) < 4.78 is 11.2. The summed E-state index contributed by atoms with van der Waals surface area (Å²) in [6.07, 6.45) is 9.63. The molecule has 5 aromatic rings. The molecule has 56 heavy (non-hydrogen) atoms. The van der Waals surface area contributed by atoms with E-state index in [1.54, 1.807) is 48.8 Å². The Hall–Kier alpha value is -6.03. The molecular weight excluding hydrogens is 705 g/mol. The van der Waals surface area contributed by atoms with E-state index in [9.17, 15) is 19.5 Å². The first-order valence-electron chi connectivity index (χ1n) is 19.2. The van der Waals surface area contributed by atoms with Crippen molar-refractivity contribution >= 4 is 17.8 Å². The van der Waals surface area contributed by atoms with Gasteiger partial charge in [0.25, 0.3) is 5.91 Å². The number of aromatic nitrogens is 2. The van der Waals surface area contributed by atoms with Crippen LogP contribution in [0.25, 0.3) is 22.5 Å². The smallest absolute Gasteiger partial charge is 0.330 e. The van der Waals surface area contributed by atoms with Crippen molar-refractivity contribution in [1.82, 2.24) is 20.6 Å². The van der Waals surface area contributed by atoms with Gasteiger partial charge in [-0.3, -0.25) is 9.59 Å². The lowest BCUT2D eigenvalue weighted by Gasteiger charge is -2.23. The number of carbonyl (C=O) groups is 3. The Morgan fingerprint density at radius 2 is 1.41 bits per heavy atom. The van der Waals surface area contributed by atoms with Gasteiger partial charge in [-0.1, -0.05) is 114 Å². The number of hydrogen-bond acceptors (Lipinski definition) is 7. The molecule has 1 heterocycles. The number of amides is 2. The van der Waals surface area contributed by atoms with E-state index >= 15 is 0 Å². The number of unbranched alkanes of at least 4 members (excludes halogenated alkanes) is 4. The maximum Gasteiger partial charge on any atom is 0.330 e. The molecule has 10 nitrogen and oxygen atoms in total. The third-order valence-corrected chi connectivity index (χ3v) is 9.60. The molecule has 5 rings (SSSR count). The largest absolute Gasteiger partial charge is 0.497 e. The molecule has 0 fully saturated rings. The fourth-order valence-corrected chi connectivity index (χ4v) is 6.22. The van der Waals surface area contributed by atoms with Gasteiger partial charge >= 0.3 is 5.97 Å². The lowest BCUT2D eigenvalue weighted by Crippen LogP contribution is -2.50. The van der Waals surface area contributed by atoms with Crippen LogP contribution in [0.4, 0.5) is 0 Å². The molecule has 0 aliphatic carbocycles. The van der Waals surface area contributed by atoms with Crippen LogP contribution in [0.3, 0.4) is 0 Å². The predicted molar refractivity (Wildman–Crippen MR) is 219 cm³/mol. The SMILES string of the molecule is CCCCCCCOc1ccc(-c2cnc(-c3ccc(C[C@H](NC(=O)c4ccc(C(C)(C)C)cc4)C(=O)NC(C(=O)O)c4cccc(OC)c4)cc3)nc2)cc1. The molecule has 0 aliphatic heterocycles. The van der Waals surface area contributed by atoms with Crippen LogP contribution in [0.5, 0.6) is 11.5 Å². The number of carboxylic acids is 1. The van der Waals surface area contributed by atoms with Crippen molar-refractivity contribution in [3.8, 4) is 34.0 Å². The number of benzene rings is 4. The van der Waals surface area contributed by atoms with Crippen LogP contribution < -0.4 is 20.1 Å². The second kappa shape index (κ2) is 19.5. The van der Waals surface area contributed by atoms with E-state index in [1.165, 1.54) is 32.8 Å². The van der Waals surface area contributed by atoms with Crippen molar-refractivity contribution in [1.29, 1.82) is 0 Å². The zero-order chi connectivity index (χ0) is 40.1. The van der Waals surface area contributed by atoms with Crippen molar-refractivity contribution < 1.29 is 29.0 Å². The fourth-order valence-electron chi connectivity index (χ4n) is 6.22. The average molecular weight is 757 g/mol. The highest BCUT2D eigenvalue weighted by Crippen LogP contribution is 2.25. The summed E-state index contributed by atoms with van der Waals surface area (Å²) in [4.78, 5) is 48.9. The van der Waals surface area contributed by atoms with Crippen LogP contribution in [0.15, 0.2) is 109 Å². The Balaban J connectivity index is 1.28. The van der Waals surface area contributed by atoms with Gasteiger partial charge < -0.3 is 25.2 Å². The second-order valence-electron chi connectivity index (χ2n) is 14.9. The van der Waals surface area contributed by atoms with Crippen LogP contribution in [-0.2, 0) is 21.4 Å². The molecule has 0 saturated heterocycles. The Kier molecular flexibility index (Phi) is 14.3. The topological polar surface area (TPSA) is 140 Å². The van der Waals surface area contributed by atoms with E-state index < -0.39 is 29.9 Å². The molecule has 0 saturated carbocycles. The number of nitrogens with zero attached hydrogens (tertiary/aromatic N) is 2. The van der Waals surface area contributed by atoms with E-state index in [1.807, 2.05) is 60.7 Å². The third-order valence-electron chi connectivity index (χ3n) is 9.60. The van der Waals surface area contributed by atoms with Gasteiger partial charge in [0.2, 0.25) is 5.91 Å². The highest BCUT2D eigenvalue weighted by Gasteiger charge is 2.29. The van der Waals surface area contributed by atoms with Crippen LogP contribution in [-0.4, -0.2) is 52.6 Å². The molecular formula is C46H52N4O6. The van der Waals surface area contributed by atoms with E-state index in [0.717, 1.165) is 40.0 Å². The number of carbonyl (C=O) groups excluding carboxylic acids is 2. The van der Waals surface area contributed by atoms with Gasteiger partial charge in [-0.05, 0) is 70.5 Å². The van der Waals surface area contributed by atoms with Crippen LogP contribution in [0.2, 0.25) is 0 Å². The normalized spacial score (nSPS) is 12.3. The highest BCUT2D eigenvalue weighted by molar-refractivity contribution is 5.98. The van der Waals surface area contributed by atoms with E-state index in [-0.39, 0.29) is 11.8 Å². The molecule has 4 aromatic carbocycles. The summed E-state index contributed by atoms with van der Waals surface area (Å²) >= 11 is 0. The van der Waals surface area contributed by atoms with Gasteiger partial charge in [0.05, 0.1) is 13.7 Å². The van der Waals surface area contributed by atoms with Crippen molar-refractivity contribution in [2.75, 3.05) is 13.7 Å². The van der Waals surface area contributed by atoms with Gasteiger partial charge in [-0.15, -0.1) is 0 Å². The molecule has 10 heteroatoms. The predicted octanol–water partition coefficient (Wildman–Crippen LogP) is 8.75. The first-order valence-corrected chi connectivity index (χ1v) is 19.2. The van der Waals surface area contributed by atoms with Crippen LogP contribution in [0.1, 0.15) is 92.9 Å². The van der Waals surface area contributed by atoms with E-state index in [0.29, 0.717) is 29.3 Å². The van der Waals surface area contributed by atoms with Crippen molar-refractivity contribution in [3.05, 3.63) is 132 Å². The Morgan fingerprint density at radius 3 is 2.04 bits per heavy atom. The number of methoxy groups -OCH3 is 1. The Morgan fingerprint density at radius 1 is 0.750 bits per heavy atom. The van der Waals surface area contributed by atoms with Gasteiger partial charge in [0, 0.05) is 35.5 Å². The quantitative estimate of drug-likeness (QED) is 0.0755. The van der Waals surface area contributed by atoms with Crippen molar-refractivity contribution in [2.45, 2.75) is 83.7 Å². The minimum absolute atomic E-state index is 0.0980. The summed E-state index contributed by atoms with van der Waals surface area (Å²) in [6, 6.07) is 26.6. The lowest BCUT2D eigenvalue weighted by molar-refractivity contribution is -0.142. The molecule has 3 N–H and O–H groups in total. The molecule has 292 valence electrons. The van der Waals surface area contributed by atoms with E-state index in [2.05, 4.69) is 48.3 Å². The highest BCUT2D eigenvalue weighted by atomic mass is 16.5. The Labute approximate surface area is 329 Å². The standard InChI is InChI=1S/C46H52N4O6/c1-6-7-8-9-10-26-56-38-24-20-32(21-25-38)36-29-47-42(48-30-36)33-16-14-31(15-17-33)27-40(49-43(51)34-18-22-37(23-19-34)46(2,3)4)44(52)50-41(45(53)54)35-12-11-13-39(28-35)55-5/h11-25,28-30,40-41H,6-10,26-27H2,1-5H3,(H,49,51)(H,50,52)(H,53,54)/t40-,41?/m0/s1. The number of carboxylic acid groups (broad SMARTS) is 1. The maximum atomic E-state index is 13.8. The average Bonchev–Trinajstić information content (AvgIpc) is 3.21. The van der Waals surface area contributed by atoms with Crippen LogP contribution in [0, 0.1) is 0 Å². The summed E-state index contributed by atoms with van der Waals surface area (Å²) in [6.45, 7) is 9.18. The molecule has 0 spiro atoms. The van der Waals surface area contributed by atoms with Crippen molar-refractivity contribution in [3.63, 3.8) is 0 Å². The molecule has 1 aromatic heterocycles. The van der Waals surface area contributed by atoms with Gasteiger partial charge in [0.1, 0.15) is 17.5 Å². The Bertz CT molecular complexity index is 2040. The van der Waals surface area contributed by atoms with Gasteiger partial charge in [0.15, 0.2) is 11.9 Å². The first kappa shape index (κ1) is 41.1. The summed E-state index contributed by atoms with van der Waals surface area (Å²) in [5, 5.41) is 15.6. The summed E-state index contributed by atoms with van der Waals surface area (Å²) in [5.41, 5.74) is 5.05. The zero-order valence-electron chi connectivity index (χ0n) is 32.9. The molecule has 0 bridgehead atoms. The molecule has 0 radical (unpaired) electrons. The minimum Gasteiger partial charge on any atom is -0.497 e. The summed E-state index contributed by atoms with van der Waals surface area (Å²) in [7, 11) is 1.48. The number of rotatable bonds is 18. The minimum atomic E-state index is -1.37. The van der Waals surface area contributed by atoms with Gasteiger partial charge in [-0.2, -0.15) is 0 Å².